The molecular formula is C19H16FNO2. The van der Waals surface area contributed by atoms with Crippen LogP contribution in [0, 0.1) is 18.2 Å². The van der Waals surface area contributed by atoms with Crippen LogP contribution in [0.2, 0.25) is 0 Å². The van der Waals surface area contributed by atoms with Gasteiger partial charge in [0.25, 0.3) is 0 Å². The summed E-state index contributed by atoms with van der Waals surface area (Å²) in [6.07, 6.45) is 5.71. The topological polar surface area (TPSA) is 46.2 Å². The normalized spacial score (nSPS) is 9.91. The molecule has 2 rings (SSSR count). The van der Waals surface area contributed by atoms with Crippen LogP contribution >= 0.6 is 0 Å². The Morgan fingerprint density at radius 1 is 1.00 bits per heavy atom. The lowest BCUT2D eigenvalue weighted by Gasteiger charge is -2.05. The van der Waals surface area contributed by atoms with E-state index in [1.165, 1.54) is 12.1 Å². The number of nitrogens with one attached hydrogen (secondary N) is 1. The lowest BCUT2D eigenvalue weighted by Crippen LogP contribution is -2.14. The Kier molecular flexibility index (Phi) is 5.65. The van der Waals surface area contributed by atoms with Crippen molar-refractivity contribution >= 4 is 17.4 Å². The van der Waals surface area contributed by atoms with E-state index < -0.39 is 0 Å². The van der Waals surface area contributed by atoms with Crippen molar-refractivity contribution in [1.82, 2.24) is 0 Å². The second-order valence-electron chi connectivity index (χ2n) is 5.11. The van der Waals surface area contributed by atoms with Gasteiger partial charge in [-0.15, -0.1) is 6.42 Å². The molecule has 23 heavy (non-hydrogen) atoms. The fourth-order valence-corrected chi connectivity index (χ4v) is 2.04. The largest absolute Gasteiger partial charge is 0.326 e. The monoisotopic (exact) mass is 309 g/mol. The first-order valence-corrected chi connectivity index (χ1v) is 7.19. The van der Waals surface area contributed by atoms with Crippen molar-refractivity contribution in [3.8, 4) is 12.3 Å². The Bertz CT molecular complexity index is 727. The summed E-state index contributed by atoms with van der Waals surface area (Å²) in [7, 11) is 0. The van der Waals surface area contributed by atoms with E-state index >= 15 is 0 Å². The van der Waals surface area contributed by atoms with Gasteiger partial charge in [-0.2, -0.15) is 0 Å². The molecule has 0 aliphatic rings. The minimum absolute atomic E-state index is 0.0607. The van der Waals surface area contributed by atoms with Gasteiger partial charge in [0.1, 0.15) is 11.6 Å². The molecule has 0 spiro atoms. The zero-order chi connectivity index (χ0) is 16.7. The second-order valence-corrected chi connectivity index (χ2v) is 5.11. The Hall–Kier alpha value is -2.93. The third-order valence-electron chi connectivity index (χ3n) is 3.28. The minimum atomic E-state index is -0.337. The van der Waals surface area contributed by atoms with Gasteiger partial charge in [0.05, 0.1) is 0 Å². The Balaban J connectivity index is 1.78. The molecule has 0 unspecified atom stereocenters. The Morgan fingerprint density at radius 3 is 2.26 bits per heavy atom. The van der Waals surface area contributed by atoms with Gasteiger partial charge in [-0.1, -0.05) is 18.1 Å². The molecular weight excluding hydrogens is 293 g/mol. The molecule has 2 aromatic rings. The van der Waals surface area contributed by atoms with Gasteiger partial charge in [-0.05, 0) is 42.0 Å². The van der Waals surface area contributed by atoms with Gasteiger partial charge in [-0.25, -0.2) is 4.39 Å². The molecule has 0 saturated heterocycles. The first-order chi connectivity index (χ1) is 11.1. The number of hydrogen-bond donors (Lipinski definition) is 1. The number of carbonyl (C=O) groups is 2. The van der Waals surface area contributed by atoms with Gasteiger partial charge in [0, 0.05) is 30.5 Å². The standard InChI is InChI=1S/C19H16FNO2/c1-2-14-5-9-17(10-6-14)21-19(23)12-11-18(22)13-15-3-7-16(20)8-4-15/h1,3-10H,11-13H2,(H,21,23). The molecule has 0 radical (unpaired) electrons. The van der Waals surface area contributed by atoms with E-state index in [-0.39, 0.29) is 36.8 Å². The summed E-state index contributed by atoms with van der Waals surface area (Å²) in [5, 5.41) is 2.71. The fraction of sp³-hybridized carbons (Fsp3) is 0.158. The van der Waals surface area contributed by atoms with Gasteiger partial charge >= 0.3 is 0 Å². The number of amides is 1. The molecule has 2 aromatic carbocycles. The first kappa shape index (κ1) is 16.4. The molecule has 0 aromatic heterocycles. The lowest BCUT2D eigenvalue weighted by atomic mass is 10.1. The molecule has 116 valence electrons. The van der Waals surface area contributed by atoms with Crippen LogP contribution in [0.3, 0.4) is 0 Å². The zero-order valence-corrected chi connectivity index (χ0v) is 12.5. The number of terminal acetylenes is 1. The SMILES string of the molecule is C#Cc1ccc(NC(=O)CCC(=O)Cc2ccc(F)cc2)cc1. The molecule has 3 nitrogen and oxygen atoms in total. The summed E-state index contributed by atoms with van der Waals surface area (Å²) >= 11 is 0. The van der Waals surface area contributed by atoms with Crippen LogP contribution in [0.4, 0.5) is 10.1 Å². The van der Waals surface area contributed by atoms with Crippen molar-refractivity contribution in [2.75, 3.05) is 5.32 Å². The smallest absolute Gasteiger partial charge is 0.224 e. The lowest BCUT2D eigenvalue weighted by molar-refractivity contribution is -0.122. The highest BCUT2D eigenvalue weighted by Gasteiger charge is 2.08. The summed E-state index contributed by atoms with van der Waals surface area (Å²) in [6, 6.07) is 12.7. The number of ketones is 1. The quantitative estimate of drug-likeness (QED) is 0.832. The van der Waals surface area contributed by atoms with Crippen molar-refractivity contribution in [2.24, 2.45) is 0 Å². The van der Waals surface area contributed by atoms with Gasteiger partial charge in [0.15, 0.2) is 0 Å². The van der Waals surface area contributed by atoms with Crippen LogP contribution in [0.5, 0.6) is 0 Å². The number of benzene rings is 2. The number of halogens is 1. The molecule has 0 bridgehead atoms. The van der Waals surface area contributed by atoms with Crippen molar-refractivity contribution < 1.29 is 14.0 Å². The number of anilines is 1. The highest BCUT2D eigenvalue weighted by molar-refractivity contribution is 5.93. The number of hydrogen-bond acceptors (Lipinski definition) is 2. The van der Waals surface area contributed by atoms with Gasteiger partial charge in [0.2, 0.25) is 5.91 Å². The number of carbonyl (C=O) groups excluding carboxylic acids is 2. The Morgan fingerprint density at radius 2 is 1.65 bits per heavy atom. The maximum atomic E-state index is 12.8. The summed E-state index contributed by atoms with van der Waals surface area (Å²) in [5.41, 5.74) is 2.11. The van der Waals surface area contributed by atoms with Crippen molar-refractivity contribution in [3.63, 3.8) is 0 Å². The average molecular weight is 309 g/mol. The average Bonchev–Trinajstić information content (AvgIpc) is 2.56. The maximum absolute atomic E-state index is 12.8. The van der Waals surface area contributed by atoms with Crippen LogP contribution < -0.4 is 5.32 Å². The highest BCUT2D eigenvalue weighted by Crippen LogP contribution is 2.10. The third-order valence-corrected chi connectivity index (χ3v) is 3.28. The van der Waals surface area contributed by atoms with Crippen molar-refractivity contribution in [2.45, 2.75) is 19.3 Å². The molecule has 0 aliphatic heterocycles. The second kappa shape index (κ2) is 7.90. The van der Waals surface area contributed by atoms with E-state index in [4.69, 9.17) is 6.42 Å². The van der Waals surface area contributed by atoms with E-state index in [0.29, 0.717) is 5.69 Å². The van der Waals surface area contributed by atoms with Crippen LogP contribution in [-0.4, -0.2) is 11.7 Å². The molecule has 1 N–H and O–H groups in total. The van der Waals surface area contributed by atoms with E-state index in [2.05, 4.69) is 11.2 Å². The maximum Gasteiger partial charge on any atom is 0.224 e. The van der Waals surface area contributed by atoms with Gasteiger partial charge in [-0.3, -0.25) is 9.59 Å². The minimum Gasteiger partial charge on any atom is -0.326 e. The molecule has 4 heteroatoms. The molecule has 0 atom stereocenters. The number of rotatable bonds is 6. The summed E-state index contributed by atoms with van der Waals surface area (Å²) in [4.78, 5) is 23.7. The van der Waals surface area contributed by atoms with Crippen molar-refractivity contribution in [3.05, 3.63) is 65.5 Å². The van der Waals surface area contributed by atoms with E-state index in [1.807, 2.05) is 0 Å². The van der Waals surface area contributed by atoms with Crippen LogP contribution in [0.1, 0.15) is 24.0 Å². The molecule has 0 aliphatic carbocycles. The van der Waals surface area contributed by atoms with Gasteiger partial charge < -0.3 is 5.32 Å². The van der Waals surface area contributed by atoms with Crippen LogP contribution in [0.15, 0.2) is 48.5 Å². The fourth-order valence-electron chi connectivity index (χ4n) is 2.04. The van der Waals surface area contributed by atoms with E-state index in [0.717, 1.165) is 11.1 Å². The molecule has 1 amide bonds. The molecule has 0 saturated carbocycles. The highest BCUT2D eigenvalue weighted by atomic mass is 19.1. The van der Waals surface area contributed by atoms with Crippen molar-refractivity contribution in [1.29, 1.82) is 0 Å². The van der Waals surface area contributed by atoms with Crippen LogP contribution in [0.25, 0.3) is 0 Å². The third kappa shape index (κ3) is 5.40. The molecule has 0 fully saturated rings. The first-order valence-electron chi connectivity index (χ1n) is 7.19. The summed E-state index contributed by atoms with van der Waals surface area (Å²) < 4.78 is 12.8. The summed E-state index contributed by atoms with van der Waals surface area (Å²) in [6.45, 7) is 0. The number of Topliss-reactive ketones (excluding diaryl/α,β-unsaturated/α-hetero) is 1. The predicted molar refractivity (Wildman–Crippen MR) is 87.4 cm³/mol. The molecule has 0 heterocycles. The zero-order valence-electron chi connectivity index (χ0n) is 12.5. The van der Waals surface area contributed by atoms with Crippen LogP contribution in [-0.2, 0) is 16.0 Å². The van der Waals surface area contributed by atoms with E-state index in [9.17, 15) is 14.0 Å². The predicted octanol–water partition coefficient (Wildman–Crippen LogP) is 3.34. The summed E-state index contributed by atoms with van der Waals surface area (Å²) in [5.74, 6) is 1.87. The Labute approximate surface area is 134 Å². The van der Waals surface area contributed by atoms with E-state index in [1.54, 1.807) is 36.4 Å².